The van der Waals surface area contributed by atoms with E-state index in [0.717, 1.165) is 11.4 Å². The maximum absolute atomic E-state index is 11.5. The quantitative estimate of drug-likeness (QED) is 0.799. The van der Waals surface area contributed by atoms with Gasteiger partial charge in [-0.2, -0.15) is 4.68 Å². The summed E-state index contributed by atoms with van der Waals surface area (Å²) >= 11 is 0. The van der Waals surface area contributed by atoms with Crippen LogP contribution in [0, 0.1) is 0 Å². The third-order valence-electron chi connectivity index (χ3n) is 2.76. The number of nitrogens with zero attached hydrogens (tertiary/aromatic N) is 4. The van der Waals surface area contributed by atoms with E-state index < -0.39 is 10.0 Å². The molecule has 1 heterocycles. The first-order valence-electron chi connectivity index (χ1n) is 6.53. The van der Waals surface area contributed by atoms with Gasteiger partial charge in [-0.1, -0.05) is 0 Å². The fraction of sp³-hybridized carbons (Fsp3) is 0.417. The Morgan fingerprint density at radius 2 is 1.95 bits per heavy atom. The predicted octanol–water partition coefficient (Wildman–Crippen LogP) is 0.500. The van der Waals surface area contributed by atoms with Crippen molar-refractivity contribution in [2.75, 3.05) is 12.4 Å². The van der Waals surface area contributed by atoms with Crippen LogP contribution in [-0.2, 0) is 16.6 Å². The van der Waals surface area contributed by atoms with Gasteiger partial charge in [-0.05, 0) is 48.5 Å². The van der Waals surface area contributed by atoms with Gasteiger partial charge in [-0.25, -0.2) is 13.1 Å². The molecule has 0 aliphatic rings. The highest BCUT2D eigenvalue weighted by molar-refractivity contribution is 7.89. The Labute approximate surface area is 123 Å². The molecule has 1 aromatic heterocycles. The van der Waals surface area contributed by atoms with Gasteiger partial charge < -0.3 is 4.74 Å². The zero-order chi connectivity index (χ0) is 15.3. The van der Waals surface area contributed by atoms with Crippen molar-refractivity contribution in [1.82, 2.24) is 24.9 Å². The molecule has 0 fully saturated rings. The van der Waals surface area contributed by atoms with E-state index in [1.54, 1.807) is 31.2 Å². The average Bonchev–Trinajstić information content (AvgIpc) is 2.95. The van der Waals surface area contributed by atoms with Gasteiger partial charge in [0.1, 0.15) is 5.75 Å². The van der Waals surface area contributed by atoms with Crippen molar-refractivity contribution in [3.05, 3.63) is 30.1 Å². The molecule has 0 amide bonds. The molecular formula is C12H17N5O3S. The number of hydrogen-bond acceptors (Lipinski definition) is 6. The molecule has 21 heavy (non-hydrogen) atoms. The summed E-state index contributed by atoms with van der Waals surface area (Å²) in [5, 5.41) is 11.3. The van der Waals surface area contributed by atoms with Gasteiger partial charge >= 0.3 is 0 Å². The van der Waals surface area contributed by atoms with Gasteiger partial charge in [0.2, 0.25) is 10.0 Å². The molecule has 2 aromatic rings. The van der Waals surface area contributed by atoms with Crippen molar-refractivity contribution in [2.24, 2.45) is 0 Å². The standard InChI is InChI=1S/C12H17N5O3S/c1-3-20-11-7-5-10(6-8-11)17-12(14-15-16-17)9-13-21(18,19)4-2/h5-8,13H,3-4,9H2,1-2H3. The van der Waals surface area contributed by atoms with E-state index >= 15 is 0 Å². The molecule has 0 aliphatic carbocycles. The summed E-state index contributed by atoms with van der Waals surface area (Å²) in [4.78, 5) is 0. The van der Waals surface area contributed by atoms with Crippen LogP contribution < -0.4 is 9.46 Å². The van der Waals surface area contributed by atoms with Crippen LogP contribution in [0.15, 0.2) is 24.3 Å². The van der Waals surface area contributed by atoms with E-state index in [1.165, 1.54) is 4.68 Å². The van der Waals surface area contributed by atoms with Crippen LogP contribution >= 0.6 is 0 Å². The van der Waals surface area contributed by atoms with E-state index in [2.05, 4.69) is 20.2 Å². The number of aromatic nitrogens is 4. The number of hydrogen-bond donors (Lipinski definition) is 1. The lowest BCUT2D eigenvalue weighted by Crippen LogP contribution is -2.26. The molecule has 114 valence electrons. The van der Waals surface area contributed by atoms with Crippen LogP contribution in [0.1, 0.15) is 19.7 Å². The summed E-state index contributed by atoms with van der Waals surface area (Å²) in [6, 6.07) is 7.22. The van der Waals surface area contributed by atoms with E-state index in [4.69, 9.17) is 4.74 Å². The largest absolute Gasteiger partial charge is 0.494 e. The maximum Gasteiger partial charge on any atom is 0.211 e. The lowest BCUT2D eigenvalue weighted by molar-refractivity contribution is 0.340. The summed E-state index contributed by atoms with van der Waals surface area (Å²) in [5.74, 6) is 1.18. The lowest BCUT2D eigenvalue weighted by atomic mass is 10.3. The van der Waals surface area contributed by atoms with Crippen molar-refractivity contribution in [2.45, 2.75) is 20.4 Å². The molecule has 0 atom stereocenters. The number of sulfonamides is 1. The molecule has 0 aliphatic heterocycles. The molecule has 0 saturated carbocycles. The van der Waals surface area contributed by atoms with Gasteiger partial charge in [0.05, 0.1) is 24.6 Å². The summed E-state index contributed by atoms with van der Waals surface area (Å²) in [5.41, 5.74) is 0.731. The van der Waals surface area contributed by atoms with Crippen LogP contribution in [0.4, 0.5) is 0 Å². The van der Waals surface area contributed by atoms with Crippen LogP contribution in [0.25, 0.3) is 5.69 Å². The van der Waals surface area contributed by atoms with Crippen LogP contribution in [0.2, 0.25) is 0 Å². The molecule has 0 saturated heterocycles. The summed E-state index contributed by atoms with van der Waals surface area (Å²) in [6.45, 7) is 4.11. The predicted molar refractivity (Wildman–Crippen MR) is 76.6 cm³/mol. The van der Waals surface area contributed by atoms with E-state index in [-0.39, 0.29) is 12.3 Å². The van der Waals surface area contributed by atoms with Crippen LogP contribution in [0.3, 0.4) is 0 Å². The van der Waals surface area contributed by atoms with Crippen molar-refractivity contribution in [3.63, 3.8) is 0 Å². The van der Waals surface area contributed by atoms with Gasteiger partial charge in [-0.3, -0.25) is 0 Å². The second kappa shape index (κ2) is 6.64. The van der Waals surface area contributed by atoms with Crippen molar-refractivity contribution in [3.8, 4) is 11.4 Å². The number of nitrogens with one attached hydrogen (secondary N) is 1. The van der Waals surface area contributed by atoms with E-state index in [1.807, 2.05) is 6.92 Å². The topological polar surface area (TPSA) is 99.0 Å². The van der Waals surface area contributed by atoms with Crippen molar-refractivity contribution >= 4 is 10.0 Å². The van der Waals surface area contributed by atoms with Gasteiger partial charge in [0, 0.05) is 0 Å². The Kier molecular flexibility index (Phi) is 4.86. The molecule has 1 aromatic carbocycles. The first-order valence-corrected chi connectivity index (χ1v) is 8.18. The number of rotatable bonds is 7. The lowest BCUT2D eigenvalue weighted by Gasteiger charge is -2.07. The van der Waals surface area contributed by atoms with Gasteiger partial charge in [0.25, 0.3) is 0 Å². The maximum atomic E-state index is 11.5. The molecule has 0 unspecified atom stereocenters. The molecule has 1 N–H and O–H groups in total. The highest BCUT2D eigenvalue weighted by Gasteiger charge is 2.12. The van der Waals surface area contributed by atoms with Crippen molar-refractivity contribution < 1.29 is 13.2 Å². The Balaban J connectivity index is 2.16. The zero-order valence-electron chi connectivity index (χ0n) is 11.9. The molecule has 8 nitrogen and oxygen atoms in total. The number of tetrazole rings is 1. The van der Waals surface area contributed by atoms with Crippen LogP contribution in [-0.4, -0.2) is 41.0 Å². The SMILES string of the molecule is CCOc1ccc(-n2nnnc2CNS(=O)(=O)CC)cc1. The van der Waals surface area contributed by atoms with Gasteiger partial charge in [-0.15, -0.1) is 5.10 Å². The third kappa shape index (κ3) is 3.99. The normalized spacial score (nSPS) is 11.5. The first-order chi connectivity index (χ1) is 10.1. The third-order valence-corrected chi connectivity index (χ3v) is 4.10. The van der Waals surface area contributed by atoms with E-state index in [9.17, 15) is 8.42 Å². The zero-order valence-corrected chi connectivity index (χ0v) is 12.7. The highest BCUT2D eigenvalue weighted by atomic mass is 32.2. The molecular weight excluding hydrogens is 294 g/mol. The smallest absolute Gasteiger partial charge is 0.211 e. The minimum absolute atomic E-state index is 0.0115. The number of ether oxygens (including phenoxy) is 1. The van der Waals surface area contributed by atoms with Crippen molar-refractivity contribution in [1.29, 1.82) is 0 Å². The summed E-state index contributed by atoms with van der Waals surface area (Å²) in [6.07, 6.45) is 0. The summed E-state index contributed by atoms with van der Waals surface area (Å²) in [7, 11) is -3.29. The Hall–Kier alpha value is -2.00. The Bertz CT molecular complexity index is 681. The second-order valence-electron chi connectivity index (χ2n) is 4.16. The molecule has 2 rings (SSSR count). The fourth-order valence-corrected chi connectivity index (χ4v) is 2.20. The molecule has 0 spiro atoms. The van der Waals surface area contributed by atoms with E-state index in [0.29, 0.717) is 12.4 Å². The minimum Gasteiger partial charge on any atom is -0.494 e. The summed E-state index contributed by atoms with van der Waals surface area (Å²) < 4.78 is 32.2. The molecule has 9 heteroatoms. The molecule has 0 bridgehead atoms. The van der Waals surface area contributed by atoms with Crippen LogP contribution in [0.5, 0.6) is 5.75 Å². The average molecular weight is 311 g/mol. The highest BCUT2D eigenvalue weighted by Crippen LogP contribution is 2.15. The molecule has 0 radical (unpaired) electrons. The Morgan fingerprint density at radius 1 is 1.24 bits per heavy atom. The minimum atomic E-state index is -3.29. The first kappa shape index (κ1) is 15.4. The second-order valence-corrected chi connectivity index (χ2v) is 6.25. The monoisotopic (exact) mass is 311 g/mol. The number of benzene rings is 1. The fourth-order valence-electron chi connectivity index (χ4n) is 1.64. The Morgan fingerprint density at radius 3 is 2.57 bits per heavy atom. The van der Waals surface area contributed by atoms with Gasteiger partial charge in [0.15, 0.2) is 5.82 Å².